The van der Waals surface area contributed by atoms with Gasteiger partial charge in [0.1, 0.15) is 6.04 Å². The third-order valence-corrected chi connectivity index (χ3v) is 6.90. The van der Waals surface area contributed by atoms with E-state index in [4.69, 9.17) is 0 Å². The maximum Gasteiger partial charge on any atom is 0.326 e. The molecule has 2 atom stereocenters. The van der Waals surface area contributed by atoms with E-state index in [1.807, 2.05) is 23.6 Å². The van der Waals surface area contributed by atoms with Crippen molar-refractivity contribution >= 4 is 39.0 Å². The molecule has 32 heavy (non-hydrogen) atoms. The minimum absolute atomic E-state index is 0.164. The summed E-state index contributed by atoms with van der Waals surface area (Å²) in [5.74, 6) is -1.20. The number of fused-ring (bicyclic) bond motifs is 1. The van der Waals surface area contributed by atoms with Crippen LogP contribution in [0, 0.1) is 0 Å². The maximum absolute atomic E-state index is 13.4. The molecule has 0 bridgehead atoms. The molecule has 1 amide bonds. The predicted octanol–water partition coefficient (Wildman–Crippen LogP) is 3.96. The number of nitrogens with one attached hydrogen (secondary N) is 1. The van der Waals surface area contributed by atoms with Crippen molar-refractivity contribution < 1.29 is 14.7 Å². The zero-order chi connectivity index (χ0) is 22.5. The summed E-state index contributed by atoms with van der Waals surface area (Å²) in [5.41, 5.74) is 1.17. The van der Waals surface area contributed by atoms with Gasteiger partial charge in [-0.3, -0.25) is 14.6 Å². The highest BCUT2D eigenvalue weighted by molar-refractivity contribution is 7.14. The number of carbonyl (C=O) groups is 2. The Labute approximate surface area is 192 Å². The number of amides is 1. The van der Waals surface area contributed by atoms with E-state index in [1.165, 1.54) is 32.6 Å². The van der Waals surface area contributed by atoms with Crippen molar-refractivity contribution in [3.8, 4) is 0 Å². The number of hydrogen-bond acceptors (Lipinski definition) is 5. The first kappa shape index (κ1) is 22.5. The van der Waals surface area contributed by atoms with Crippen LogP contribution in [0.25, 0.3) is 10.8 Å². The van der Waals surface area contributed by atoms with Gasteiger partial charge in [-0.2, -0.15) is 0 Å². The number of hydrogen-bond donors (Lipinski definition) is 2. The smallest absolute Gasteiger partial charge is 0.326 e. The van der Waals surface area contributed by atoms with E-state index >= 15 is 0 Å². The molecule has 1 fully saturated rings. The van der Waals surface area contributed by atoms with Gasteiger partial charge < -0.3 is 10.4 Å². The number of benzene rings is 2. The molecule has 6 nitrogen and oxygen atoms in total. The van der Waals surface area contributed by atoms with Crippen LogP contribution in [0.3, 0.4) is 0 Å². The van der Waals surface area contributed by atoms with Crippen molar-refractivity contribution in [2.75, 3.05) is 24.5 Å². The van der Waals surface area contributed by atoms with E-state index in [1.54, 1.807) is 13.0 Å². The Balaban J connectivity index is 1.59. The van der Waals surface area contributed by atoms with E-state index in [-0.39, 0.29) is 12.5 Å². The van der Waals surface area contributed by atoms with Gasteiger partial charge in [0.15, 0.2) is 0 Å². The molecule has 7 heteroatoms. The first-order valence-electron chi connectivity index (χ1n) is 11.0. The van der Waals surface area contributed by atoms with E-state index in [9.17, 15) is 14.7 Å². The zero-order valence-electron chi connectivity index (χ0n) is 18.2. The summed E-state index contributed by atoms with van der Waals surface area (Å²) < 4.78 is 0. The summed E-state index contributed by atoms with van der Waals surface area (Å²) in [6, 6.07) is 17.6. The van der Waals surface area contributed by atoms with Crippen molar-refractivity contribution in [1.82, 2.24) is 10.2 Å². The molecule has 1 aliphatic heterocycles. The summed E-state index contributed by atoms with van der Waals surface area (Å²) in [6.45, 7) is 4.10. The predicted molar refractivity (Wildman–Crippen MR) is 129 cm³/mol. The van der Waals surface area contributed by atoms with Gasteiger partial charge in [0.2, 0.25) is 5.91 Å². The average molecular weight is 452 g/mol. The Morgan fingerprint density at radius 1 is 1.16 bits per heavy atom. The van der Waals surface area contributed by atoms with Gasteiger partial charge in [-0.1, -0.05) is 42.5 Å². The lowest BCUT2D eigenvalue weighted by Gasteiger charge is -2.30. The van der Waals surface area contributed by atoms with E-state index in [0.29, 0.717) is 17.6 Å². The number of carboxylic acid groups (broad SMARTS) is 1. The second-order valence-corrected chi connectivity index (χ2v) is 9.26. The molecule has 3 aromatic rings. The summed E-state index contributed by atoms with van der Waals surface area (Å²) in [6.07, 6.45) is 2.22. The molecule has 0 saturated carbocycles. The monoisotopic (exact) mass is 451 g/mol. The second kappa shape index (κ2) is 10.3. The number of thiophene rings is 1. The molecule has 0 unspecified atom stereocenters. The Morgan fingerprint density at radius 2 is 1.97 bits per heavy atom. The van der Waals surface area contributed by atoms with Gasteiger partial charge in [-0.25, -0.2) is 4.79 Å². The maximum atomic E-state index is 13.4. The number of nitrogens with zero attached hydrogens (tertiary/aromatic N) is 2. The van der Waals surface area contributed by atoms with Gasteiger partial charge >= 0.3 is 5.97 Å². The summed E-state index contributed by atoms with van der Waals surface area (Å²) >= 11 is 1.38. The van der Waals surface area contributed by atoms with E-state index in [2.05, 4.69) is 40.5 Å². The lowest BCUT2D eigenvalue weighted by molar-refractivity contribution is -0.139. The fraction of sp³-hybridized carbons (Fsp3) is 0.360. The first-order valence-corrected chi connectivity index (χ1v) is 11.9. The largest absolute Gasteiger partial charge is 0.480 e. The van der Waals surface area contributed by atoms with Gasteiger partial charge in [-0.15, -0.1) is 11.3 Å². The molecular weight excluding hydrogens is 422 g/mol. The van der Waals surface area contributed by atoms with Crippen LogP contribution >= 0.6 is 11.3 Å². The van der Waals surface area contributed by atoms with Crippen LogP contribution in [0.4, 0.5) is 5.00 Å². The molecule has 2 N–H and O–H groups in total. The number of aliphatic carboxylic acids is 1. The number of carboxylic acids is 1. The van der Waals surface area contributed by atoms with Crippen LogP contribution in [0.2, 0.25) is 0 Å². The fourth-order valence-corrected chi connectivity index (χ4v) is 5.22. The SMILES string of the molecule is C[C@@H](C(=O)O)N(C(=O)CN(Cc1cccc2ccccc12)C[C@@H]1CCCN1)c1cccs1. The quantitative estimate of drug-likeness (QED) is 0.515. The highest BCUT2D eigenvalue weighted by Gasteiger charge is 2.30. The third-order valence-electron chi connectivity index (χ3n) is 6.03. The molecule has 0 radical (unpaired) electrons. The lowest BCUT2D eigenvalue weighted by atomic mass is 10.0. The summed E-state index contributed by atoms with van der Waals surface area (Å²) in [7, 11) is 0. The van der Waals surface area contributed by atoms with Crippen LogP contribution in [-0.4, -0.2) is 53.6 Å². The second-order valence-electron chi connectivity index (χ2n) is 8.33. The molecule has 4 rings (SSSR count). The van der Waals surface area contributed by atoms with Crippen LogP contribution in [0.5, 0.6) is 0 Å². The van der Waals surface area contributed by atoms with Crippen LogP contribution in [-0.2, 0) is 16.1 Å². The van der Waals surface area contributed by atoms with Gasteiger partial charge in [0.05, 0.1) is 11.5 Å². The highest BCUT2D eigenvalue weighted by Crippen LogP contribution is 2.25. The molecule has 0 spiro atoms. The topological polar surface area (TPSA) is 72.9 Å². The fourth-order valence-electron chi connectivity index (χ4n) is 4.40. The average Bonchev–Trinajstić information content (AvgIpc) is 3.49. The van der Waals surface area contributed by atoms with Crippen molar-refractivity contribution in [3.05, 3.63) is 65.5 Å². The van der Waals surface area contributed by atoms with Crippen LogP contribution in [0.1, 0.15) is 25.3 Å². The normalized spacial score (nSPS) is 17.0. The number of anilines is 1. The number of carbonyl (C=O) groups excluding carboxylic acids is 1. The molecular formula is C25H29N3O3S. The Kier molecular flexibility index (Phi) is 7.19. The zero-order valence-corrected chi connectivity index (χ0v) is 19.1. The third kappa shape index (κ3) is 5.18. The van der Waals surface area contributed by atoms with E-state index < -0.39 is 12.0 Å². The van der Waals surface area contributed by atoms with Crippen molar-refractivity contribution in [3.63, 3.8) is 0 Å². The Hall–Kier alpha value is -2.74. The molecule has 1 aromatic heterocycles. The van der Waals surface area contributed by atoms with Gasteiger partial charge in [0.25, 0.3) is 0 Å². The molecule has 1 aliphatic rings. The number of rotatable bonds is 9. The summed E-state index contributed by atoms with van der Waals surface area (Å²) in [5, 5.41) is 18.0. The van der Waals surface area contributed by atoms with E-state index in [0.717, 1.165) is 25.9 Å². The minimum Gasteiger partial charge on any atom is -0.480 e. The standard InChI is InChI=1S/C25H29N3O3S/c1-18(25(30)31)28(24-12-6-14-32-24)23(29)17-27(16-21-10-5-13-26-21)15-20-9-4-8-19-7-2-3-11-22(19)20/h2-4,6-9,11-12,14,18,21,26H,5,10,13,15-17H2,1H3,(H,30,31)/t18-,21-/m0/s1. The Morgan fingerprint density at radius 3 is 2.69 bits per heavy atom. The van der Waals surface area contributed by atoms with Gasteiger partial charge in [-0.05, 0) is 60.2 Å². The highest BCUT2D eigenvalue weighted by atomic mass is 32.1. The molecule has 1 saturated heterocycles. The van der Waals surface area contributed by atoms with Crippen LogP contribution < -0.4 is 10.2 Å². The lowest BCUT2D eigenvalue weighted by Crippen LogP contribution is -2.49. The molecule has 168 valence electrons. The van der Waals surface area contributed by atoms with Crippen molar-refractivity contribution in [2.45, 2.75) is 38.4 Å². The molecule has 2 heterocycles. The van der Waals surface area contributed by atoms with Crippen molar-refractivity contribution in [1.29, 1.82) is 0 Å². The van der Waals surface area contributed by atoms with Gasteiger partial charge in [0, 0.05) is 19.1 Å². The molecule has 2 aromatic carbocycles. The van der Waals surface area contributed by atoms with Crippen LogP contribution in [0.15, 0.2) is 60.0 Å². The Bertz CT molecular complexity index is 1060. The summed E-state index contributed by atoms with van der Waals surface area (Å²) in [4.78, 5) is 28.7. The van der Waals surface area contributed by atoms with Crippen molar-refractivity contribution in [2.24, 2.45) is 0 Å². The molecule has 0 aliphatic carbocycles. The first-order chi connectivity index (χ1) is 15.5. The minimum atomic E-state index is -1.01.